The summed E-state index contributed by atoms with van der Waals surface area (Å²) in [7, 11) is 1.60. The van der Waals surface area contributed by atoms with E-state index in [-0.39, 0.29) is 12.3 Å². The topological polar surface area (TPSA) is 59.9 Å². The smallest absolute Gasteiger partial charge is 0.244 e. The van der Waals surface area contributed by atoms with Crippen LogP contribution in [-0.2, 0) is 11.2 Å². The van der Waals surface area contributed by atoms with Crippen molar-refractivity contribution < 1.29 is 14.3 Å². The highest BCUT2D eigenvalue weighted by molar-refractivity contribution is 5.90. The maximum atomic E-state index is 12.3. The lowest BCUT2D eigenvalue weighted by molar-refractivity contribution is -0.120. The van der Waals surface area contributed by atoms with Crippen LogP contribution in [0.15, 0.2) is 65.8 Å². The zero-order chi connectivity index (χ0) is 19.8. The molecule has 1 amide bonds. The first kappa shape index (κ1) is 19.4. The predicted molar refractivity (Wildman–Crippen MR) is 112 cm³/mol. The lowest BCUT2D eigenvalue weighted by Gasteiger charge is -2.10. The van der Waals surface area contributed by atoms with Gasteiger partial charge in [0.2, 0.25) is 5.91 Å². The van der Waals surface area contributed by atoms with Crippen LogP contribution in [0.2, 0.25) is 0 Å². The van der Waals surface area contributed by atoms with Crippen LogP contribution < -0.4 is 14.9 Å². The van der Waals surface area contributed by atoms with Gasteiger partial charge in [0.1, 0.15) is 0 Å². The molecule has 5 nitrogen and oxygen atoms in total. The van der Waals surface area contributed by atoms with Gasteiger partial charge in [-0.05, 0) is 46.5 Å². The van der Waals surface area contributed by atoms with Gasteiger partial charge in [0.05, 0.1) is 26.4 Å². The molecule has 3 rings (SSSR count). The van der Waals surface area contributed by atoms with Crippen molar-refractivity contribution in [1.82, 2.24) is 5.43 Å². The second-order valence-electron chi connectivity index (χ2n) is 6.37. The number of ether oxygens (including phenoxy) is 2. The number of nitrogens with one attached hydrogen (secondary N) is 1. The fourth-order valence-corrected chi connectivity index (χ4v) is 2.93. The molecular weight excluding hydrogens is 352 g/mol. The Kier molecular flexibility index (Phi) is 6.63. The van der Waals surface area contributed by atoms with Crippen LogP contribution in [-0.4, -0.2) is 25.8 Å². The van der Waals surface area contributed by atoms with Crippen molar-refractivity contribution in [3.8, 4) is 11.5 Å². The molecule has 0 fully saturated rings. The molecule has 0 bridgehead atoms. The van der Waals surface area contributed by atoms with Gasteiger partial charge in [0, 0.05) is 0 Å². The number of carbonyl (C=O) groups excluding carboxylic acids is 1. The van der Waals surface area contributed by atoms with Gasteiger partial charge in [-0.3, -0.25) is 4.79 Å². The molecule has 0 spiro atoms. The number of carbonyl (C=O) groups is 1. The van der Waals surface area contributed by atoms with Crippen LogP contribution in [0.3, 0.4) is 0 Å². The lowest BCUT2D eigenvalue weighted by atomic mass is 10.0. The van der Waals surface area contributed by atoms with Crippen molar-refractivity contribution in [2.45, 2.75) is 19.8 Å². The average molecular weight is 376 g/mol. The molecule has 0 atom stereocenters. The number of hydrogen-bond donors (Lipinski definition) is 1. The van der Waals surface area contributed by atoms with Crippen LogP contribution in [0.25, 0.3) is 10.8 Å². The molecule has 3 aromatic rings. The van der Waals surface area contributed by atoms with Crippen LogP contribution in [0, 0.1) is 0 Å². The Morgan fingerprint density at radius 2 is 1.89 bits per heavy atom. The van der Waals surface area contributed by atoms with Gasteiger partial charge in [-0.1, -0.05) is 49.4 Å². The molecule has 3 aromatic carbocycles. The van der Waals surface area contributed by atoms with Crippen molar-refractivity contribution in [2.75, 3.05) is 13.7 Å². The Morgan fingerprint density at radius 1 is 1.07 bits per heavy atom. The Labute approximate surface area is 165 Å². The van der Waals surface area contributed by atoms with E-state index in [2.05, 4.69) is 17.5 Å². The predicted octanol–water partition coefficient (Wildman–Crippen LogP) is 4.33. The SMILES string of the molecule is CCCOc1ccc(/C=N\NC(=O)Cc2cccc3ccccc23)cc1OC. The fourth-order valence-electron chi connectivity index (χ4n) is 2.93. The van der Waals surface area contributed by atoms with Crippen LogP contribution in [0.4, 0.5) is 0 Å². The minimum atomic E-state index is -0.164. The van der Waals surface area contributed by atoms with Crippen molar-refractivity contribution in [3.05, 3.63) is 71.8 Å². The molecule has 28 heavy (non-hydrogen) atoms. The zero-order valence-electron chi connectivity index (χ0n) is 16.1. The molecule has 0 aliphatic rings. The third kappa shape index (κ3) is 4.88. The third-order valence-electron chi connectivity index (χ3n) is 4.28. The minimum absolute atomic E-state index is 0.164. The molecular formula is C23H24N2O3. The van der Waals surface area contributed by atoms with E-state index < -0.39 is 0 Å². The maximum Gasteiger partial charge on any atom is 0.244 e. The summed E-state index contributed by atoms with van der Waals surface area (Å²) in [5.74, 6) is 1.17. The molecule has 0 aliphatic heterocycles. The monoisotopic (exact) mass is 376 g/mol. The van der Waals surface area contributed by atoms with E-state index in [1.165, 1.54) is 0 Å². The zero-order valence-corrected chi connectivity index (χ0v) is 16.1. The molecule has 0 radical (unpaired) electrons. The number of fused-ring (bicyclic) bond motifs is 1. The number of amides is 1. The Balaban J connectivity index is 1.63. The highest BCUT2D eigenvalue weighted by Gasteiger charge is 2.07. The number of hydrogen-bond acceptors (Lipinski definition) is 4. The van der Waals surface area contributed by atoms with E-state index in [1.54, 1.807) is 13.3 Å². The first-order chi connectivity index (χ1) is 13.7. The lowest BCUT2D eigenvalue weighted by Crippen LogP contribution is -2.19. The summed E-state index contributed by atoms with van der Waals surface area (Å²) in [5, 5.41) is 6.26. The Bertz CT molecular complexity index is 977. The maximum absolute atomic E-state index is 12.3. The van der Waals surface area contributed by atoms with Gasteiger partial charge in [0.25, 0.3) is 0 Å². The molecule has 0 heterocycles. The largest absolute Gasteiger partial charge is 0.493 e. The van der Waals surface area contributed by atoms with Gasteiger partial charge in [-0.2, -0.15) is 5.10 Å². The van der Waals surface area contributed by atoms with Gasteiger partial charge < -0.3 is 9.47 Å². The molecule has 0 saturated carbocycles. The summed E-state index contributed by atoms with van der Waals surface area (Å²) in [5.41, 5.74) is 4.38. The summed E-state index contributed by atoms with van der Waals surface area (Å²) in [4.78, 5) is 12.3. The van der Waals surface area contributed by atoms with E-state index in [9.17, 15) is 4.79 Å². The van der Waals surface area contributed by atoms with E-state index in [0.29, 0.717) is 18.1 Å². The number of rotatable bonds is 8. The van der Waals surface area contributed by atoms with E-state index >= 15 is 0 Å². The third-order valence-corrected chi connectivity index (χ3v) is 4.28. The standard InChI is InChI=1S/C23H24N2O3/c1-3-13-28-21-12-11-17(14-22(21)27-2)16-24-25-23(26)15-19-9-6-8-18-7-4-5-10-20(18)19/h4-12,14,16H,3,13,15H2,1-2H3,(H,25,26)/b24-16-. The van der Waals surface area contributed by atoms with E-state index in [0.717, 1.165) is 28.3 Å². The van der Waals surface area contributed by atoms with Crippen molar-refractivity contribution in [1.29, 1.82) is 0 Å². The summed E-state index contributed by atoms with van der Waals surface area (Å²) >= 11 is 0. The molecule has 5 heteroatoms. The Hall–Kier alpha value is -3.34. The molecule has 144 valence electrons. The summed E-state index contributed by atoms with van der Waals surface area (Å²) in [6, 6.07) is 19.5. The molecule has 0 aliphatic carbocycles. The second kappa shape index (κ2) is 9.55. The van der Waals surface area contributed by atoms with Crippen LogP contribution >= 0.6 is 0 Å². The summed E-state index contributed by atoms with van der Waals surface area (Å²) in [6.45, 7) is 2.68. The number of benzene rings is 3. The molecule has 0 aromatic heterocycles. The summed E-state index contributed by atoms with van der Waals surface area (Å²) in [6.07, 6.45) is 2.79. The quantitative estimate of drug-likeness (QED) is 0.470. The van der Waals surface area contributed by atoms with Gasteiger partial charge in [-0.25, -0.2) is 5.43 Å². The van der Waals surface area contributed by atoms with Gasteiger partial charge >= 0.3 is 0 Å². The second-order valence-corrected chi connectivity index (χ2v) is 6.37. The van der Waals surface area contributed by atoms with Crippen LogP contribution in [0.1, 0.15) is 24.5 Å². The average Bonchev–Trinajstić information content (AvgIpc) is 2.73. The minimum Gasteiger partial charge on any atom is -0.493 e. The first-order valence-electron chi connectivity index (χ1n) is 9.30. The van der Waals surface area contributed by atoms with Gasteiger partial charge in [0.15, 0.2) is 11.5 Å². The molecule has 0 saturated heterocycles. The highest BCUT2D eigenvalue weighted by atomic mass is 16.5. The van der Waals surface area contributed by atoms with Crippen molar-refractivity contribution in [3.63, 3.8) is 0 Å². The number of hydrazone groups is 1. The molecule has 1 N–H and O–H groups in total. The summed E-state index contributed by atoms with van der Waals surface area (Å²) < 4.78 is 11.0. The van der Waals surface area contributed by atoms with E-state index in [4.69, 9.17) is 9.47 Å². The van der Waals surface area contributed by atoms with Crippen molar-refractivity contribution in [2.24, 2.45) is 5.10 Å². The normalized spacial score (nSPS) is 10.9. The highest BCUT2D eigenvalue weighted by Crippen LogP contribution is 2.27. The van der Waals surface area contributed by atoms with Gasteiger partial charge in [-0.15, -0.1) is 0 Å². The number of nitrogens with zero attached hydrogens (tertiary/aromatic N) is 1. The molecule has 0 unspecified atom stereocenters. The van der Waals surface area contributed by atoms with E-state index in [1.807, 2.05) is 60.7 Å². The fraction of sp³-hybridized carbons (Fsp3) is 0.217. The van der Waals surface area contributed by atoms with Crippen molar-refractivity contribution >= 4 is 22.9 Å². The number of methoxy groups -OCH3 is 1. The first-order valence-corrected chi connectivity index (χ1v) is 9.30. The Morgan fingerprint density at radius 3 is 2.71 bits per heavy atom. The van der Waals surface area contributed by atoms with Crippen LogP contribution in [0.5, 0.6) is 11.5 Å².